The first-order chi connectivity index (χ1) is 26.5. The molecule has 2 unspecified atom stereocenters. The number of rotatable bonds is 5. The average Bonchev–Trinajstić information content (AvgIpc) is 3.20. The van der Waals surface area contributed by atoms with E-state index in [0.717, 1.165) is 75.6 Å². The minimum absolute atomic E-state index is 0.00491. The van der Waals surface area contributed by atoms with Gasteiger partial charge in [0.2, 0.25) is 11.8 Å². The maximum atomic E-state index is 12.5. The molecule has 2 aromatic carbocycles. The predicted molar refractivity (Wildman–Crippen MR) is 234 cm³/mol. The summed E-state index contributed by atoms with van der Waals surface area (Å²) in [5.74, 6) is 0.0434. The Morgan fingerprint density at radius 1 is 0.804 bits per heavy atom. The molecule has 6 rings (SSSR count). The zero-order valence-electron chi connectivity index (χ0n) is 37.1. The van der Waals surface area contributed by atoms with Crippen molar-refractivity contribution in [1.82, 2.24) is 5.32 Å². The lowest BCUT2D eigenvalue weighted by molar-refractivity contribution is -0.138. The van der Waals surface area contributed by atoms with E-state index in [-0.39, 0.29) is 46.4 Å². The second-order valence-corrected chi connectivity index (χ2v) is 16.3. The first-order valence-corrected chi connectivity index (χ1v) is 21.5. The summed E-state index contributed by atoms with van der Waals surface area (Å²) in [4.78, 5) is 45.2. The second kappa shape index (κ2) is 22.9. The van der Waals surface area contributed by atoms with E-state index in [9.17, 15) is 19.2 Å². The number of nitrogens with two attached hydrogens (primary N) is 2. The number of benzene rings is 2. The number of carboxylic acid groups (broad SMARTS) is 1. The van der Waals surface area contributed by atoms with Crippen molar-refractivity contribution in [3.63, 3.8) is 0 Å². The molecule has 2 amide bonds. The van der Waals surface area contributed by atoms with E-state index in [1.54, 1.807) is 14.0 Å². The number of carbonyl (C=O) groups is 4. The molecule has 7 N–H and O–H groups in total. The number of carbonyl (C=O) groups excluding carboxylic acids is 3. The van der Waals surface area contributed by atoms with Crippen LogP contribution in [0, 0.1) is 22.7 Å². The number of nitrogen functional groups attached to an aromatic ring is 1. The Bertz CT molecular complexity index is 1580. The summed E-state index contributed by atoms with van der Waals surface area (Å²) in [5, 5.41) is 13.5. The van der Waals surface area contributed by atoms with E-state index in [0.29, 0.717) is 11.8 Å². The molecule has 0 heterocycles. The molecule has 2 saturated carbocycles. The molecule has 0 spiro atoms. The maximum absolute atomic E-state index is 12.5. The van der Waals surface area contributed by atoms with Gasteiger partial charge in [0.15, 0.2) is 0 Å². The Morgan fingerprint density at radius 3 is 1.79 bits per heavy atom. The number of fused-ring (bicyclic) bond motifs is 6. The fraction of sp³-hybridized carbons (Fsp3) is 0.660. The minimum atomic E-state index is -0.745. The third kappa shape index (κ3) is 11.4. The molecule has 9 nitrogen and oxygen atoms in total. The van der Waals surface area contributed by atoms with Crippen molar-refractivity contribution < 1.29 is 24.3 Å². The molecule has 0 bridgehead atoms. The van der Waals surface area contributed by atoms with Crippen LogP contribution in [0.15, 0.2) is 36.4 Å². The van der Waals surface area contributed by atoms with Crippen molar-refractivity contribution in [2.24, 2.45) is 28.4 Å². The van der Waals surface area contributed by atoms with Crippen LogP contribution in [0.5, 0.6) is 0 Å². The molecule has 316 valence electrons. The number of hydrogen-bond acceptors (Lipinski definition) is 6. The summed E-state index contributed by atoms with van der Waals surface area (Å²) in [5.41, 5.74) is 18.1. The van der Waals surface area contributed by atoms with Crippen LogP contribution in [-0.4, -0.2) is 42.8 Å². The van der Waals surface area contributed by atoms with Gasteiger partial charge in [-0.25, -0.2) is 0 Å². The van der Waals surface area contributed by atoms with Gasteiger partial charge in [0, 0.05) is 30.3 Å². The number of aryl methyl sites for hydroxylation is 2. The standard InChI is InChI=1S/C19H26N2O2.C18H26N2O.C3H6O2.C3H8.2C2H6/c1-18(12-22)8-3-9-19(2)15-10-14(21-17(23)11-20)6-4-13(15)5-7-16(18)19;1-17-9-4-10-18(2,16(21)20-3)15(17)8-6-12-5-7-13(19)11-14(12)17;1-2-3(4)5;1-3-2;2*1-2/h4,6,10,12,16H,3,5,7-9,11,20H2,1-2H3,(H,21,23);5,7,11,15H,4,6,8-10,19H2,1-3H3,(H,20,21);2H2,1H3,(H,4,5);3H2,1-2H3;2*1-2H3/t16?,18-,19-;15?,17-,18+;;;;/m11..../s1. The third-order valence-electron chi connectivity index (χ3n) is 12.6. The van der Waals surface area contributed by atoms with Crippen LogP contribution in [0.2, 0.25) is 0 Å². The SMILES string of the molecule is CC.CC.CCC.CCC(=O)O.CNC(=O)[C@@]1(C)CCC[C@]2(C)c3cc(N)ccc3CCC12.C[C@]1(C=O)CCC[C@]2(C)c3cc(NC(=O)CN)ccc3CCC12. The molecule has 4 aliphatic rings. The molecule has 0 radical (unpaired) electrons. The zero-order valence-corrected chi connectivity index (χ0v) is 37.1. The summed E-state index contributed by atoms with van der Waals surface area (Å²) < 4.78 is 0. The van der Waals surface area contributed by atoms with Gasteiger partial charge < -0.3 is 32.0 Å². The smallest absolute Gasteiger partial charge is 0.303 e. The number of nitrogens with one attached hydrogen (secondary N) is 2. The average molecular weight is 779 g/mol. The van der Waals surface area contributed by atoms with Crippen LogP contribution in [0.1, 0.15) is 163 Å². The fourth-order valence-corrected chi connectivity index (χ4v) is 9.98. The van der Waals surface area contributed by atoms with E-state index >= 15 is 0 Å². The van der Waals surface area contributed by atoms with Gasteiger partial charge in [-0.3, -0.25) is 14.4 Å². The van der Waals surface area contributed by atoms with Crippen LogP contribution in [0.25, 0.3) is 0 Å². The van der Waals surface area contributed by atoms with Crippen LogP contribution in [0.4, 0.5) is 11.4 Å². The summed E-state index contributed by atoms with van der Waals surface area (Å²) in [6.45, 7) is 22.8. The number of anilines is 2. The van der Waals surface area contributed by atoms with E-state index in [4.69, 9.17) is 16.6 Å². The van der Waals surface area contributed by atoms with Crippen LogP contribution >= 0.6 is 0 Å². The van der Waals surface area contributed by atoms with Crippen molar-refractivity contribution in [2.45, 2.75) is 164 Å². The molecule has 4 aliphatic carbocycles. The normalized spacial score (nSPS) is 27.6. The zero-order chi connectivity index (χ0) is 42.9. The Kier molecular flexibility index (Phi) is 20.5. The highest BCUT2D eigenvalue weighted by Gasteiger charge is 2.55. The number of aliphatic carboxylic acids is 1. The molecule has 6 atom stereocenters. The summed E-state index contributed by atoms with van der Waals surface area (Å²) in [6, 6.07) is 12.5. The monoisotopic (exact) mass is 779 g/mol. The molecule has 9 heteroatoms. The Balaban J connectivity index is 0.000000439. The highest BCUT2D eigenvalue weighted by Crippen LogP contribution is 2.58. The molecule has 0 aromatic heterocycles. The van der Waals surface area contributed by atoms with E-state index in [1.165, 1.54) is 35.0 Å². The lowest BCUT2D eigenvalue weighted by Gasteiger charge is -2.54. The van der Waals surface area contributed by atoms with Crippen LogP contribution < -0.4 is 22.1 Å². The van der Waals surface area contributed by atoms with Gasteiger partial charge in [0.25, 0.3) is 0 Å². The van der Waals surface area contributed by atoms with Gasteiger partial charge in [-0.05, 0) is 121 Å². The van der Waals surface area contributed by atoms with Crippen molar-refractivity contribution in [3.8, 4) is 0 Å². The Labute approximate surface area is 339 Å². The maximum Gasteiger partial charge on any atom is 0.303 e. The fourth-order valence-electron chi connectivity index (χ4n) is 9.98. The molecule has 2 aromatic rings. The first-order valence-electron chi connectivity index (χ1n) is 21.5. The molecular formula is C47H78N4O5. The molecule has 2 fully saturated rings. The summed E-state index contributed by atoms with van der Waals surface area (Å²) in [7, 11) is 1.76. The van der Waals surface area contributed by atoms with Crippen molar-refractivity contribution in [1.29, 1.82) is 0 Å². The quantitative estimate of drug-likeness (QED) is 0.149. The lowest BCUT2D eigenvalue weighted by Crippen LogP contribution is -2.54. The predicted octanol–water partition coefficient (Wildman–Crippen LogP) is 9.77. The van der Waals surface area contributed by atoms with E-state index < -0.39 is 5.97 Å². The van der Waals surface area contributed by atoms with Gasteiger partial charge >= 0.3 is 5.97 Å². The Hall–Kier alpha value is -3.72. The van der Waals surface area contributed by atoms with E-state index in [1.807, 2.05) is 39.8 Å². The number of carboxylic acids is 1. The molecular weight excluding hydrogens is 701 g/mol. The van der Waals surface area contributed by atoms with Gasteiger partial charge in [0.1, 0.15) is 6.29 Å². The second-order valence-electron chi connectivity index (χ2n) is 16.3. The Morgan fingerprint density at radius 2 is 1.29 bits per heavy atom. The summed E-state index contributed by atoms with van der Waals surface area (Å²) in [6.07, 6.45) is 13.3. The van der Waals surface area contributed by atoms with Gasteiger partial charge in [-0.1, -0.05) is 108 Å². The highest BCUT2D eigenvalue weighted by atomic mass is 16.4. The lowest BCUT2D eigenvalue weighted by atomic mass is 9.49. The molecule has 0 saturated heterocycles. The van der Waals surface area contributed by atoms with Gasteiger partial charge in [-0.15, -0.1) is 0 Å². The van der Waals surface area contributed by atoms with E-state index in [2.05, 4.69) is 76.4 Å². The third-order valence-corrected chi connectivity index (χ3v) is 12.6. The minimum Gasteiger partial charge on any atom is -0.481 e. The van der Waals surface area contributed by atoms with Crippen molar-refractivity contribution >= 4 is 35.4 Å². The van der Waals surface area contributed by atoms with Gasteiger partial charge in [-0.2, -0.15) is 0 Å². The highest BCUT2D eigenvalue weighted by molar-refractivity contribution is 5.92. The first kappa shape index (κ1) is 50.3. The topological polar surface area (TPSA) is 165 Å². The molecule has 0 aliphatic heterocycles. The number of aldehydes is 1. The number of hydrogen-bond donors (Lipinski definition) is 5. The van der Waals surface area contributed by atoms with Crippen molar-refractivity contribution in [3.05, 3.63) is 58.7 Å². The summed E-state index contributed by atoms with van der Waals surface area (Å²) >= 11 is 0. The largest absolute Gasteiger partial charge is 0.481 e. The number of amides is 2. The van der Waals surface area contributed by atoms with Gasteiger partial charge in [0.05, 0.1) is 12.0 Å². The van der Waals surface area contributed by atoms with Crippen molar-refractivity contribution in [2.75, 3.05) is 24.6 Å². The van der Waals surface area contributed by atoms with Crippen LogP contribution in [0.3, 0.4) is 0 Å². The molecule has 56 heavy (non-hydrogen) atoms. The van der Waals surface area contributed by atoms with Crippen LogP contribution in [-0.2, 0) is 42.8 Å².